The fourth-order valence-corrected chi connectivity index (χ4v) is 2.09. The van der Waals surface area contributed by atoms with Crippen molar-refractivity contribution in [2.45, 2.75) is 20.1 Å². The van der Waals surface area contributed by atoms with Gasteiger partial charge in [0.15, 0.2) is 11.5 Å². The molecule has 20 heavy (non-hydrogen) atoms. The molecule has 0 bridgehead atoms. The van der Waals surface area contributed by atoms with Gasteiger partial charge in [0.25, 0.3) is 0 Å². The Balaban J connectivity index is 2.01. The van der Waals surface area contributed by atoms with Gasteiger partial charge in [0.1, 0.15) is 0 Å². The van der Waals surface area contributed by atoms with Gasteiger partial charge in [0.05, 0.1) is 11.4 Å². The van der Waals surface area contributed by atoms with Crippen molar-refractivity contribution in [3.8, 4) is 17.2 Å². The Hall–Kier alpha value is -2.37. The molecule has 2 aromatic rings. The number of fused-ring (bicyclic) bond motifs is 1. The van der Waals surface area contributed by atoms with Crippen LogP contribution in [0.5, 0.6) is 11.5 Å². The Morgan fingerprint density at radius 1 is 1.30 bits per heavy atom. The van der Waals surface area contributed by atoms with Gasteiger partial charge in [-0.1, -0.05) is 6.58 Å². The molecule has 6 heteroatoms. The highest BCUT2D eigenvalue weighted by molar-refractivity contribution is 5.61. The first-order valence-electron chi connectivity index (χ1n) is 5.98. The molecule has 0 unspecified atom stereocenters. The summed E-state index contributed by atoms with van der Waals surface area (Å²) in [6.07, 6.45) is -1.80. The standard InChI is InChI=1S/C14H12F2N2O2/c1-8(2)13-9(3)7-18(17-13)10-4-5-11-12(6-10)20-14(15,16)19-11/h4-7H,1H2,2-3H3. The second-order valence-electron chi connectivity index (χ2n) is 4.68. The largest absolute Gasteiger partial charge is 0.586 e. The lowest BCUT2D eigenvalue weighted by Crippen LogP contribution is -2.25. The van der Waals surface area contributed by atoms with Crippen molar-refractivity contribution < 1.29 is 18.3 Å². The summed E-state index contributed by atoms with van der Waals surface area (Å²) in [6, 6.07) is 4.53. The van der Waals surface area contributed by atoms with E-state index >= 15 is 0 Å². The average Bonchev–Trinajstić information content (AvgIpc) is 2.86. The lowest BCUT2D eigenvalue weighted by molar-refractivity contribution is -0.286. The van der Waals surface area contributed by atoms with E-state index in [2.05, 4.69) is 21.2 Å². The first-order chi connectivity index (χ1) is 9.35. The van der Waals surface area contributed by atoms with E-state index in [1.807, 2.05) is 13.8 Å². The summed E-state index contributed by atoms with van der Waals surface area (Å²) in [6.45, 7) is 7.62. The number of nitrogens with zero attached hydrogens (tertiary/aromatic N) is 2. The Morgan fingerprint density at radius 2 is 2.00 bits per heavy atom. The van der Waals surface area contributed by atoms with Crippen LogP contribution in [0.25, 0.3) is 11.3 Å². The zero-order chi connectivity index (χ0) is 14.5. The summed E-state index contributed by atoms with van der Waals surface area (Å²) in [4.78, 5) is 0. The number of benzene rings is 1. The molecule has 2 heterocycles. The van der Waals surface area contributed by atoms with Crippen LogP contribution in [0.2, 0.25) is 0 Å². The van der Waals surface area contributed by atoms with Gasteiger partial charge in [-0.05, 0) is 37.1 Å². The van der Waals surface area contributed by atoms with E-state index in [-0.39, 0.29) is 11.5 Å². The van der Waals surface area contributed by atoms with Gasteiger partial charge in [0.2, 0.25) is 0 Å². The van der Waals surface area contributed by atoms with E-state index in [1.165, 1.54) is 12.1 Å². The topological polar surface area (TPSA) is 36.3 Å². The molecule has 0 amide bonds. The molecular formula is C14H12F2N2O2. The monoisotopic (exact) mass is 278 g/mol. The molecule has 1 aliphatic heterocycles. The number of aromatic nitrogens is 2. The van der Waals surface area contributed by atoms with Crippen molar-refractivity contribution in [1.82, 2.24) is 9.78 Å². The van der Waals surface area contributed by atoms with Gasteiger partial charge >= 0.3 is 6.29 Å². The smallest absolute Gasteiger partial charge is 0.395 e. The lowest BCUT2D eigenvalue weighted by Gasteiger charge is -2.04. The highest BCUT2D eigenvalue weighted by Crippen LogP contribution is 2.41. The number of alkyl halides is 2. The van der Waals surface area contributed by atoms with Crippen LogP contribution in [-0.2, 0) is 0 Å². The van der Waals surface area contributed by atoms with Gasteiger partial charge in [-0.25, -0.2) is 4.68 Å². The highest BCUT2D eigenvalue weighted by Gasteiger charge is 2.43. The Labute approximate surface area is 114 Å². The van der Waals surface area contributed by atoms with Crippen LogP contribution >= 0.6 is 0 Å². The number of ether oxygens (including phenoxy) is 2. The molecule has 0 fully saturated rings. The fraction of sp³-hybridized carbons (Fsp3) is 0.214. The van der Waals surface area contributed by atoms with Crippen molar-refractivity contribution in [1.29, 1.82) is 0 Å². The SMILES string of the molecule is C=C(C)c1nn(-c2ccc3c(c2)OC(F)(F)O3)cc1C. The first kappa shape index (κ1) is 12.7. The summed E-state index contributed by atoms with van der Waals surface area (Å²) in [5.74, 6) is 0.0141. The predicted molar refractivity (Wildman–Crippen MR) is 69.2 cm³/mol. The number of rotatable bonds is 2. The molecule has 0 saturated heterocycles. The molecule has 1 aromatic heterocycles. The van der Waals surface area contributed by atoms with Crippen molar-refractivity contribution in [2.24, 2.45) is 0 Å². The maximum absolute atomic E-state index is 13.0. The molecule has 0 saturated carbocycles. The molecule has 1 aliphatic rings. The lowest BCUT2D eigenvalue weighted by atomic mass is 10.2. The Morgan fingerprint density at radius 3 is 2.65 bits per heavy atom. The minimum Gasteiger partial charge on any atom is -0.395 e. The molecule has 0 spiro atoms. The third-order valence-corrected chi connectivity index (χ3v) is 2.95. The second-order valence-corrected chi connectivity index (χ2v) is 4.68. The van der Waals surface area contributed by atoms with Crippen molar-refractivity contribution in [2.75, 3.05) is 0 Å². The minimum atomic E-state index is -3.61. The Kier molecular flexibility index (Phi) is 2.57. The first-order valence-corrected chi connectivity index (χ1v) is 5.98. The number of aryl methyl sites for hydroxylation is 1. The maximum atomic E-state index is 13.0. The van der Waals surface area contributed by atoms with E-state index in [4.69, 9.17) is 0 Å². The summed E-state index contributed by atoms with van der Waals surface area (Å²) < 4.78 is 36.3. The summed E-state index contributed by atoms with van der Waals surface area (Å²) in [7, 11) is 0. The molecule has 104 valence electrons. The summed E-state index contributed by atoms with van der Waals surface area (Å²) in [5.41, 5.74) is 3.20. The van der Waals surface area contributed by atoms with E-state index < -0.39 is 6.29 Å². The summed E-state index contributed by atoms with van der Waals surface area (Å²) in [5, 5.41) is 4.37. The van der Waals surface area contributed by atoms with Crippen LogP contribution in [0.4, 0.5) is 8.78 Å². The van der Waals surface area contributed by atoms with Crippen molar-refractivity contribution in [3.63, 3.8) is 0 Å². The molecule has 0 aliphatic carbocycles. The van der Waals surface area contributed by atoms with Gasteiger partial charge < -0.3 is 9.47 Å². The van der Waals surface area contributed by atoms with Crippen LogP contribution in [-0.4, -0.2) is 16.1 Å². The molecule has 4 nitrogen and oxygen atoms in total. The van der Waals surface area contributed by atoms with Crippen LogP contribution in [0, 0.1) is 6.92 Å². The minimum absolute atomic E-state index is 0.00229. The normalized spacial score (nSPS) is 15.4. The van der Waals surface area contributed by atoms with E-state index in [0.717, 1.165) is 16.8 Å². The number of allylic oxidation sites excluding steroid dienone is 1. The zero-order valence-electron chi connectivity index (χ0n) is 11.0. The highest BCUT2D eigenvalue weighted by atomic mass is 19.3. The van der Waals surface area contributed by atoms with E-state index in [9.17, 15) is 8.78 Å². The molecule has 0 radical (unpaired) electrons. The predicted octanol–water partition coefficient (Wildman–Crippen LogP) is 3.54. The molecular weight excluding hydrogens is 266 g/mol. The van der Waals surface area contributed by atoms with E-state index in [0.29, 0.717) is 5.69 Å². The van der Waals surface area contributed by atoms with Crippen LogP contribution < -0.4 is 9.47 Å². The molecule has 1 aromatic carbocycles. The molecule has 0 N–H and O–H groups in total. The van der Waals surface area contributed by atoms with Gasteiger partial charge in [-0.15, -0.1) is 8.78 Å². The average molecular weight is 278 g/mol. The fourth-order valence-electron chi connectivity index (χ4n) is 2.09. The third kappa shape index (κ3) is 2.03. The van der Waals surface area contributed by atoms with Crippen LogP contribution in [0.1, 0.15) is 18.2 Å². The number of hydrogen-bond acceptors (Lipinski definition) is 3. The molecule has 0 atom stereocenters. The van der Waals surface area contributed by atoms with Crippen LogP contribution in [0.3, 0.4) is 0 Å². The van der Waals surface area contributed by atoms with Gasteiger partial charge in [-0.3, -0.25) is 0 Å². The number of hydrogen-bond donors (Lipinski definition) is 0. The van der Waals surface area contributed by atoms with Gasteiger partial charge in [0, 0.05) is 12.3 Å². The quantitative estimate of drug-likeness (QED) is 0.843. The Bertz CT molecular complexity index is 707. The van der Waals surface area contributed by atoms with Crippen LogP contribution in [0.15, 0.2) is 31.0 Å². The zero-order valence-corrected chi connectivity index (χ0v) is 11.0. The van der Waals surface area contributed by atoms with Gasteiger partial charge in [-0.2, -0.15) is 5.10 Å². The van der Waals surface area contributed by atoms with Crippen molar-refractivity contribution in [3.05, 3.63) is 42.2 Å². The number of halogens is 2. The van der Waals surface area contributed by atoms with E-state index in [1.54, 1.807) is 16.9 Å². The second kappa shape index (κ2) is 4.06. The van der Waals surface area contributed by atoms with Crippen molar-refractivity contribution >= 4 is 5.57 Å². The molecule has 3 rings (SSSR count). The summed E-state index contributed by atoms with van der Waals surface area (Å²) >= 11 is 0. The maximum Gasteiger partial charge on any atom is 0.586 e. The third-order valence-electron chi connectivity index (χ3n) is 2.95.